The highest BCUT2D eigenvalue weighted by atomic mass is 16.3. The van der Waals surface area contributed by atoms with E-state index in [2.05, 4.69) is 29.5 Å². The predicted molar refractivity (Wildman–Crippen MR) is 74.8 cm³/mol. The molecule has 106 valence electrons. The summed E-state index contributed by atoms with van der Waals surface area (Å²) >= 11 is 0. The van der Waals surface area contributed by atoms with Crippen molar-refractivity contribution in [3.8, 4) is 5.75 Å². The Morgan fingerprint density at radius 2 is 2.11 bits per heavy atom. The molecule has 1 heterocycles. The van der Waals surface area contributed by atoms with Gasteiger partial charge in [0.2, 0.25) is 5.91 Å². The molecule has 1 aromatic rings. The molecule has 0 saturated carbocycles. The Labute approximate surface area is 114 Å². The summed E-state index contributed by atoms with van der Waals surface area (Å²) in [6.07, 6.45) is 0.742. The largest absolute Gasteiger partial charge is 0.506 e. The molecule has 5 heteroatoms. The van der Waals surface area contributed by atoms with Crippen molar-refractivity contribution >= 4 is 5.91 Å². The van der Waals surface area contributed by atoms with E-state index in [1.165, 1.54) is 0 Å². The Hall–Kier alpha value is -1.62. The molecule has 1 unspecified atom stereocenters. The first-order valence-corrected chi connectivity index (χ1v) is 6.54. The normalized spacial score (nSPS) is 12.5. The van der Waals surface area contributed by atoms with Crippen molar-refractivity contribution in [1.29, 1.82) is 0 Å². The second kappa shape index (κ2) is 7.09. The molecule has 19 heavy (non-hydrogen) atoms. The monoisotopic (exact) mass is 265 g/mol. The van der Waals surface area contributed by atoms with Crippen molar-refractivity contribution in [2.75, 3.05) is 7.05 Å². The second-order valence-electron chi connectivity index (χ2n) is 5.10. The van der Waals surface area contributed by atoms with Crippen LogP contribution in [0.3, 0.4) is 0 Å². The lowest BCUT2D eigenvalue weighted by Gasteiger charge is -2.19. The third-order valence-electron chi connectivity index (χ3n) is 2.88. The van der Waals surface area contributed by atoms with Crippen LogP contribution in [-0.4, -0.2) is 29.1 Å². The Bertz CT molecular complexity index is 433. The van der Waals surface area contributed by atoms with Gasteiger partial charge in [0.15, 0.2) is 0 Å². The van der Waals surface area contributed by atoms with Gasteiger partial charge >= 0.3 is 0 Å². The molecule has 0 fully saturated rings. The van der Waals surface area contributed by atoms with Crippen molar-refractivity contribution < 1.29 is 9.90 Å². The molecule has 0 saturated heterocycles. The Kier molecular flexibility index (Phi) is 5.76. The van der Waals surface area contributed by atoms with Gasteiger partial charge in [-0.05, 0) is 31.4 Å². The van der Waals surface area contributed by atoms with Crippen molar-refractivity contribution in [3.05, 3.63) is 23.5 Å². The number of aromatic nitrogens is 1. The Morgan fingerprint density at radius 1 is 1.42 bits per heavy atom. The Morgan fingerprint density at radius 3 is 2.68 bits per heavy atom. The quantitative estimate of drug-likeness (QED) is 0.726. The number of aryl methyl sites for hydroxylation is 1. The first kappa shape index (κ1) is 15.4. The van der Waals surface area contributed by atoms with Crippen LogP contribution >= 0.6 is 0 Å². The summed E-state index contributed by atoms with van der Waals surface area (Å²) in [6.45, 7) is 6.38. The van der Waals surface area contributed by atoms with E-state index < -0.39 is 0 Å². The molecule has 0 aliphatic rings. The van der Waals surface area contributed by atoms with Crippen LogP contribution in [0.25, 0.3) is 0 Å². The lowest BCUT2D eigenvalue weighted by atomic mass is 10.0. The van der Waals surface area contributed by atoms with E-state index in [1.807, 2.05) is 6.92 Å². The third-order valence-corrected chi connectivity index (χ3v) is 2.88. The molecule has 1 rings (SSSR count). The van der Waals surface area contributed by atoms with E-state index in [0.717, 1.165) is 12.1 Å². The number of hydrogen-bond donors (Lipinski definition) is 3. The van der Waals surface area contributed by atoms with Crippen LogP contribution in [0.5, 0.6) is 5.75 Å². The molecular weight excluding hydrogens is 242 g/mol. The lowest BCUT2D eigenvalue weighted by Crippen LogP contribution is -2.43. The fraction of sp³-hybridized carbons (Fsp3) is 0.571. The zero-order chi connectivity index (χ0) is 14.4. The summed E-state index contributed by atoms with van der Waals surface area (Å²) in [5, 5.41) is 15.5. The average Bonchev–Trinajstić information content (AvgIpc) is 2.36. The first-order valence-electron chi connectivity index (χ1n) is 6.54. The van der Waals surface area contributed by atoms with Crippen molar-refractivity contribution in [1.82, 2.24) is 15.6 Å². The highest BCUT2D eigenvalue weighted by Crippen LogP contribution is 2.15. The van der Waals surface area contributed by atoms with E-state index in [9.17, 15) is 9.90 Å². The molecular formula is C14H23N3O2. The van der Waals surface area contributed by atoms with Crippen LogP contribution in [0.4, 0.5) is 0 Å². The summed E-state index contributed by atoms with van der Waals surface area (Å²) < 4.78 is 0. The number of carbonyl (C=O) groups is 1. The number of amides is 1. The smallest absolute Gasteiger partial charge is 0.236 e. The highest BCUT2D eigenvalue weighted by Gasteiger charge is 2.18. The third kappa shape index (κ3) is 4.87. The van der Waals surface area contributed by atoms with Crippen molar-refractivity contribution in [2.24, 2.45) is 5.92 Å². The summed E-state index contributed by atoms with van der Waals surface area (Å²) in [6, 6.07) is 3.10. The van der Waals surface area contributed by atoms with Gasteiger partial charge in [-0.25, -0.2) is 0 Å². The van der Waals surface area contributed by atoms with Crippen molar-refractivity contribution in [3.63, 3.8) is 0 Å². The predicted octanol–water partition coefficient (Wildman–Crippen LogP) is 1.35. The van der Waals surface area contributed by atoms with Crippen LogP contribution in [0.15, 0.2) is 12.1 Å². The average molecular weight is 265 g/mol. The van der Waals surface area contributed by atoms with Gasteiger partial charge in [0, 0.05) is 19.3 Å². The van der Waals surface area contributed by atoms with Crippen LogP contribution in [0.1, 0.15) is 31.7 Å². The van der Waals surface area contributed by atoms with Gasteiger partial charge in [0.05, 0.1) is 11.7 Å². The van der Waals surface area contributed by atoms with Crippen LogP contribution in [-0.2, 0) is 11.3 Å². The van der Waals surface area contributed by atoms with Crippen molar-refractivity contribution in [2.45, 2.75) is 39.8 Å². The molecule has 0 bridgehead atoms. The van der Waals surface area contributed by atoms with Gasteiger partial charge in [-0.3, -0.25) is 9.78 Å². The zero-order valence-corrected chi connectivity index (χ0v) is 12.0. The lowest BCUT2D eigenvalue weighted by molar-refractivity contribution is -0.123. The topological polar surface area (TPSA) is 74.2 Å². The van der Waals surface area contributed by atoms with Gasteiger partial charge in [0.1, 0.15) is 5.75 Å². The number of nitrogens with zero attached hydrogens (tertiary/aromatic N) is 1. The van der Waals surface area contributed by atoms with Gasteiger partial charge < -0.3 is 15.7 Å². The first-order chi connectivity index (χ1) is 8.93. The molecule has 0 aliphatic carbocycles. The van der Waals surface area contributed by atoms with E-state index in [0.29, 0.717) is 18.2 Å². The molecule has 0 aliphatic heterocycles. The summed E-state index contributed by atoms with van der Waals surface area (Å²) in [5.74, 6) is 0.521. The Balaban J connectivity index is 2.70. The van der Waals surface area contributed by atoms with E-state index >= 15 is 0 Å². The molecule has 3 N–H and O–H groups in total. The van der Waals surface area contributed by atoms with E-state index in [1.54, 1.807) is 19.2 Å². The maximum Gasteiger partial charge on any atom is 0.236 e. The number of aromatic hydroxyl groups is 1. The van der Waals surface area contributed by atoms with Gasteiger partial charge in [-0.1, -0.05) is 13.8 Å². The van der Waals surface area contributed by atoms with Gasteiger partial charge in [-0.2, -0.15) is 0 Å². The highest BCUT2D eigenvalue weighted by molar-refractivity contribution is 5.81. The second-order valence-corrected chi connectivity index (χ2v) is 5.10. The van der Waals surface area contributed by atoms with Gasteiger partial charge in [0.25, 0.3) is 0 Å². The van der Waals surface area contributed by atoms with Gasteiger partial charge in [-0.15, -0.1) is 0 Å². The van der Waals surface area contributed by atoms with Crippen LogP contribution in [0, 0.1) is 12.8 Å². The number of likely N-dealkylation sites (N-methyl/N-ethyl adjacent to an activating group) is 1. The standard InChI is InChI=1S/C14H23N3O2/c1-9(2)7-11(14(19)15-4)16-8-12-13(18)6-5-10(3)17-12/h5-6,9,11,16,18H,7-8H2,1-4H3,(H,15,19). The molecule has 1 amide bonds. The number of rotatable bonds is 6. The van der Waals surface area contributed by atoms with Crippen LogP contribution < -0.4 is 10.6 Å². The zero-order valence-electron chi connectivity index (χ0n) is 12.0. The number of carbonyl (C=O) groups excluding carboxylic acids is 1. The number of hydrogen-bond acceptors (Lipinski definition) is 4. The minimum absolute atomic E-state index is 0.0409. The maximum absolute atomic E-state index is 11.8. The molecule has 5 nitrogen and oxygen atoms in total. The molecule has 1 aromatic heterocycles. The summed E-state index contributed by atoms with van der Waals surface area (Å²) in [5.41, 5.74) is 1.41. The summed E-state index contributed by atoms with van der Waals surface area (Å²) in [4.78, 5) is 16.0. The fourth-order valence-electron chi connectivity index (χ4n) is 1.88. The molecule has 0 spiro atoms. The molecule has 0 aromatic carbocycles. The minimum Gasteiger partial charge on any atom is -0.506 e. The fourth-order valence-corrected chi connectivity index (χ4v) is 1.88. The van der Waals surface area contributed by atoms with E-state index in [-0.39, 0.29) is 17.7 Å². The molecule has 0 radical (unpaired) electrons. The number of pyridine rings is 1. The molecule has 1 atom stereocenters. The number of nitrogens with one attached hydrogen (secondary N) is 2. The SMILES string of the molecule is CNC(=O)C(CC(C)C)NCc1nc(C)ccc1O. The van der Waals surface area contributed by atoms with Crippen LogP contribution in [0.2, 0.25) is 0 Å². The maximum atomic E-state index is 11.8. The minimum atomic E-state index is -0.272. The summed E-state index contributed by atoms with van der Waals surface area (Å²) in [7, 11) is 1.62. The van der Waals surface area contributed by atoms with E-state index in [4.69, 9.17) is 0 Å².